The van der Waals surface area contributed by atoms with Crippen LogP contribution in [-0.2, 0) is 4.79 Å². The van der Waals surface area contributed by atoms with E-state index in [1.165, 1.54) is 6.26 Å². The Morgan fingerprint density at radius 3 is 2.26 bits per heavy atom. The monoisotopic (exact) mass is 310 g/mol. The predicted octanol–water partition coefficient (Wildman–Crippen LogP) is 2.28. The molecule has 0 saturated carbocycles. The summed E-state index contributed by atoms with van der Waals surface area (Å²) in [5.41, 5.74) is 0.993. The maximum atomic E-state index is 12.2. The Morgan fingerprint density at radius 2 is 1.61 bits per heavy atom. The Hall–Kier alpha value is -2.82. The van der Waals surface area contributed by atoms with Gasteiger partial charge in [0.2, 0.25) is 5.91 Å². The molecule has 0 unspecified atom stereocenters. The van der Waals surface area contributed by atoms with Crippen molar-refractivity contribution in [3.63, 3.8) is 0 Å². The summed E-state index contributed by atoms with van der Waals surface area (Å²) in [5.74, 6) is 0.189. The average Bonchev–Trinajstić information content (AvgIpc) is 3.15. The summed E-state index contributed by atoms with van der Waals surface area (Å²) < 4.78 is 5.13. The molecule has 1 aliphatic rings. The smallest absolute Gasteiger partial charge is 0.289 e. The van der Waals surface area contributed by atoms with E-state index in [0.717, 1.165) is 5.56 Å². The molecule has 5 heteroatoms. The summed E-state index contributed by atoms with van der Waals surface area (Å²) in [6.45, 7) is 2.10. The lowest BCUT2D eigenvalue weighted by Crippen LogP contribution is -2.50. The van der Waals surface area contributed by atoms with Crippen molar-refractivity contribution in [2.24, 2.45) is 0 Å². The molecule has 2 aromatic rings. The van der Waals surface area contributed by atoms with Crippen molar-refractivity contribution in [2.45, 2.75) is 0 Å². The molecule has 2 heterocycles. The highest BCUT2D eigenvalue weighted by molar-refractivity contribution is 5.93. The summed E-state index contributed by atoms with van der Waals surface area (Å²) in [4.78, 5) is 27.8. The third-order valence-electron chi connectivity index (χ3n) is 3.83. The van der Waals surface area contributed by atoms with Crippen molar-refractivity contribution >= 4 is 17.9 Å². The number of carbonyl (C=O) groups is 2. The van der Waals surface area contributed by atoms with E-state index < -0.39 is 0 Å². The van der Waals surface area contributed by atoms with Gasteiger partial charge in [-0.25, -0.2) is 0 Å². The van der Waals surface area contributed by atoms with Crippen molar-refractivity contribution in [3.05, 3.63) is 66.1 Å². The zero-order valence-electron chi connectivity index (χ0n) is 12.7. The van der Waals surface area contributed by atoms with Crippen LogP contribution < -0.4 is 0 Å². The third kappa shape index (κ3) is 3.69. The van der Waals surface area contributed by atoms with Crippen LogP contribution in [0.1, 0.15) is 16.1 Å². The molecular weight excluding hydrogens is 292 g/mol. The largest absolute Gasteiger partial charge is 0.459 e. The molecule has 0 radical (unpaired) electrons. The van der Waals surface area contributed by atoms with Crippen LogP contribution in [0.25, 0.3) is 6.08 Å². The van der Waals surface area contributed by atoms with Crippen LogP contribution in [0.3, 0.4) is 0 Å². The van der Waals surface area contributed by atoms with Crippen LogP contribution in [0.2, 0.25) is 0 Å². The van der Waals surface area contributed by atoms with Gasteiger partial charge in [-0.3, -0.25) is 9.59 Å². The van der Waals surface area contributed by atoms with Gasteiger partial charge in [0, 0.05) is 32.3 Å². The molecule has 2 amide bonds. The molecular formula is C18H18N2O3. The molecule has 0 aliphatic carbocycles. The topological polar surface area (TPSA) is 53.8 Å². The zero-order chi connectivity index (χ0) is 16.1. The Morgan fingerprint density at radius 1 is 0.913 bits per heavy atom. The van der Waals surface area contributed by atoms with Gasteiger partial charge in [-0.05, 0) is 23.8 Å². The minimum Gasteiger partial charge on any atom is -0.459 e. The van der Waals surface area contributed by atoms with Gasteiger partial charge in [-0.15, -0.1) is 0 Å². The molecule has 1 aromatic heterocycles. The first-order valence-corrected chi connectivity index (χ1v) is 7.59. The highest BCUT2D eigenvalue weighted by Crippen LogP contribution is 2.10. The van der Waals surface area contributed by atoms with Crippen LogP contribution in [0.4, 0.5) is 0 Å². The second kappa shape index (κ2) is 6.96. The third-order valence-corrected chi connectivity index (χ3v) is 3.83. The van der Waals surface area contributed by atoms with Crippen molar-refractivity contribution in [1.29, 1.82) is 0 Å². The first kappa shape index (κ1) is 15.1. The van der Waals surface area contributed by atoms with Gasteiger partial charge in [0.25, 0.3) is 5.91 Å². The molecule has 1 saturated heterocycles. The van der Waals surface area contributed by atoms with Crippen molar-refractivity contribution in [1.82, 2.24) is 9.80 Å². The van der Waals surface area contributed by atoms with Gasteiger partial charge < -0.3 is 14.2 Å². The van der Waals surface area contributed by atoms with Crippen LogP contribution >= 0.6 is 0 Å². The molecule has 3 rings (SSSR count). The number of hydrogen-bond donors (Lipinski definition) is 0. The number of nitrogens with zero attached hydrogens (tertiary/aromatic N) is 2. The van der Waals surface area contributed by atoms with E-state index in [4.69, 9.17) is 4.42 Å². The Bertz CT molecular complexity index is 684. The maximum absolute atomic E-state index is 12.2. The highest BCUT2D eigenvalue weighted by Gasteiger charge is 2.25. The molecule has 0 N–H and O–H groups in total. The van der Waals surface area contributed by atoms with Gasteiger partial charge in [-0.2, -0.15) is 0 Å². The Labute approximate surface area is 134 Å². The molecule has 0 atom stereocenters. The molecule has 1 aromatic carbocycles. The predicted molar refractivity (Wildman–Crippen MR) is 86.7 cm³/mol. The minimum absolute atomic E-state index is 0.0287. The van der Waals surface area contributed by atoms with E-state index >= 15 is 0 Å². The normalized spacial score (nSPS) is 15.1. The second-order valence-electron chi connectivity index (χ2n) is 5.34. The number of furan rings is 1. The fourth-order valence-corrected chi connectivity index (χ4v) is 2.52. The number of hydrogen-bond acceptors (Lipinski definition) is 3. The summed E-state index contributed by atoms with van der Waals surface area (Å²) in [6.07, 6.45) is 4.88. The average molecular weight is 310 g/mol. The van der Waals surface area contributed by atoms with E-state index in [1.54, 1.807) is 28.0 Å². The maximum Gasteiger partial charge on any atom is 0.289 e. The van der Waals surface area contributed by atoms with E-state index in [1.807, 2.05) is 36.4 Å². The van der Waals surface area contributed by atoms with Gasteiger partial charge in [0.1, 0.15) is 0 Å². The molecule has 118 valence electrons. The number of amides is 2. The summed E-state index contributed by atoms with van der Waals surface area (Å²) >= 11 is 0. The number of piperazine rings is 1. The van der Waals surface area contributed by atoms with Gasteiger partial charge in [0.05, 0.1) is 6.26 Å². The molecule has 0 spiro atoms. The first-order valence-electron chi connectivity index (χ1n) is 7.59. The fourth-order valence-electron chi connectivity index (χ4n) is 2.52. The first-order chi connectivity index (χ1) is 11.2. The SMILES string of the molecule is O=C(C=Cc1ccccc1)N1CCN(C(=O)c2ccco2)CC1. The van der Waals surface area contributed by atoms with Gasteiger partial charge >= 0.3 is 0 Å². The van der Waals surface area contributed by atoms with Crippen LogP contribution in [0.5, 0.6) is 0 Å². The fraction of sp³-hybridized carbons (Fsp3) is 0.222. The summed E-state index contributed by atoms with van der Waals surface area (Å²) in [7, 11) is 0. The van der Waals surface area contributed by atoms with Crippen molar-refractivity contribution in [3.8, 4) is 0 Å². The number of benzene rings is 1. The van der Waals surface area contributed by atoms with E-state index in [-0.39, 0.29) is 11.8 Å². The lowest BCUT2D eigenvalue weighted by Gasteiger charge is -2.33. The quantitative estimate of drug-likeness (QED) is 0.817. The Balaban J connectivity index is 1.53. The van der Waals surface area contributed by atoms with Crippen molar-refractivity contribution in [2.75, 3.05) is 26.2 Å². The summed E-state index contributed by atoms with van der Waals surface area (Å²) in [6, 6.07) is 13.1. The number of rotatable bonds is 3. The lowest BCUT2D eigenvalue weighted by atomic mass is 10.2. The molecule has 5 nitrogen and oxygen atoms in total. The molecule has 0 bridgehead atoms. The zero-order valence-corrected chi connectivity index (χ0v) is 12.7. The van der Waals surface area contributed by atoms with E-state index in [0.29, 0.717) is 31.9 Å². The van der Waals surface area contributed by atoms with E-state index in [2.05, 4.69) is 0 Å². The van der Waals surface area contributed by atoms with Crippen LogP contribution in [-0.4, -0.2) is 47.8 Å². The van der Waals surface area contributed by atoms with Crippen LogP contribution in [0.15, 0.2) is 59.2 Å². The highest BCUT2D eigenvalue weighted by atomic mass is 16.3. The number of carbonyl (C=O) groups excluding carboxylic acids is 2. The molecule has 23 heavy (non-hydrogen) atoms. The molecule has 1 fully saturated rings. The minimum atomic E-state index is -0.123. The summed E-state index contributed by atoms with van der Waals surface area (Å²) in [5, 5.41) is 0. The molecule has 1 aliphatic heterocycles. The second-order valence-corrected chi connectivity index (χ2v) is 5.34. The van der Waals surface area contributed by atoms with Crippen molar-refractivity contribution < 1.29 is 14.0 Å². The van der Waals surface area contributed by atoms with E-state index in [9.17, 15) is 9.59 Å². The standard InChI is InChI=1S/C18H18N2O3/c21-17(9-8-15-5-2-1-3-6-15)19-10-12-20(13-11-19)18(22)16-7-4-14-23-16/h1-9,14H,10-13H2. The van der Waals surface area contributed by atoms with Gasteiger partial charge in [-0.1, -0.05) is 30.3 Å². The van der Waals surface area contributed by atoms with Gasteiger partial charge in [0.15, 0.2) is 5.76 Å². The lowest BCUT2D eigenvalue weighted by molar-refractivity contribution is -0.127. The van der Waals surface area contributed by atoms with Crippen LogP contribution in [0, 0.1) is 0 Å². The Kier molecular flexibility index (Phi) is 4.57.